The van der Waals surface area contributed by atoms with Crippen molar-refractivity contribution in [3.63, 3.8) is 0 Å². The summed E-state index contributed by atoms with van der Waals surface area (Å²) in [5.41, 5.74) is 6.48. The number of hydrogen-bond donors (Lipinski definition) is 0. The van der Waals surface area contributed by atoms with Gasteiger partial charge in [-0.1, -0.05) is 46.6 Å². The summed E-state index contributed by atoms with van der Waals surface area (Å²) in [7, 11) is 1.54. The molecule has 0 fully saturated rings. The zero-order valence-electron chi connectivity index (χ0n) is 15.0. The highest BCUT2D eigenvalue weighted by molar-refractivity contribution is 6.00. The second-order valence-corrected chi connectivity index (χ2v) is 5.64. The van der Waals surface area contributed by atoms with Crippen molar-refractivity contribution in [1.29, 1.82) is 0 Å². The van der Waals surface area contributed by atoms with Crippen LogP contribution >= 0.6 is 0 Å². The fraction of sp³-hybridized carbons (Fsp3) is 0.238. The Morgan fingerprint density at radius 2 is 1.84 bits per heavy atom. The predicted octanol–water partition coefficient (Wildman–Crippen LogP) is 4.29. The van der Waals surface area contributed by atoms with E-state index in [1.165, 1.54) is 7.11 Å². The van der Waals surface area contributed by atoms with Gasteiger partial charge in [-0.2, -0.15) is 0 Å². The zero-order valence-corrected chi connectivity index (χ0v) is 15.0. The summed E-state index contributed by atoms with van der Waals surface area (Å²) >= 11 is 0. The number of aryl methyl sites for hydroxylation is 1. The lowest BCUT2D eigenvalue weighted by molar-refractivity contribution is 0.130. The first-order valence-electron chi connectivity index (χ1n) is 7.97. The zero-order chi connectivity index (χ0) is 18.2. The van der Waals surface area contributed by atoms with Crippen molar-refractivity contribution in [3.8, 4) is 12.3 Å². The molecule has 2 aromatic rings. The van der Waals surface area contributed by atoms with Gasteiger partial charge in [0.05, 0.1) is 11.4 Å². The van der Waals surface area contributed by atoms with Crippen molar-refractivity contribution in [2.45, 2.75) is 27.4 Å². The van der Waals surface area contributed by atoms with Crippen molar-refractivity contribution in [1.82, 2.24) is 0 Å². The Kier molecular flexibility index (Phi) is 6.36. The fourth-order valence-corrected chi connectivity index (χ4v) is 2.50. The van der Waals surface area contributed by atoms with Crippen LogP contribution in [0.15, 0.2) is 52.8 Å². The van der Waals surface area contributed by atoms with Crippen molar-refractivity contribution in [2.75, 3.05) is 7.11 Å². The molecular formula is C21H22N2O2. The molecule has 128 valence electrons. The minimum Gasteiger partial charge on any atom is -0.399 e. The van der Waals surface area contributed by atoms with E-state index in [1.54, 1.807) is 0 Å². The Labute approximate surface area is 149 Å². The van der Waals surface area contributed by atoms with Gasteiger partial charge >= 0.3 is 0 Å². The highest BCUT2D eigenvalue weighted by Crippen LogP contribution is 2.17. The summed E-state index contributed by atoms with van der Waals surface area (Å²) in [6.45, 7) is 6.19. The third kappa shape index (κ3) is 4.71. The van der Waals surface area contributed by atoms with E-state index in [2.05, 4.69) is 16.2 Å². The molecule has 0 atom stereocenters. The maximum absolute atomic E-state index is 5.60. The van der Waals surface area contributed by atoms with Crippen LogP contribution in [0.4, 0.5) is 0 Å². The van der Waals surface area contributed by atoms with Crippen LogP contribution < -0.4 is 0 Å². The topological polar surface area (TPSA) is 43.2 Å². The van der Waals surface area contributed by atoms with E-state index in [1.807, 2.05) is 63.2 Å². The third-order valence-electron chi connectivity index (χ3n) is 3.89. The van der Waals surface area contributed by atoms with E-state index in [-0.39, 0.29) is 0 Å². The lowest BCUT2D eigenvalue weighted by Crippen LogP contribution is -2.05. The van der Waals surface area contributed by atoms with Crippen LogP contribution in [0.3, 0.4) is 0 Å². The first-order chi connectivity index (χ1) is 12.1. The molecule has 0 saturated heterocycles. The number of rotatable bonds is 6. The Bertz CT molecular complexity index is 845. The van der Waals surface area contributed by atoms with Gasteiger partial charge in [-0.25, -0.2) is 0 Å². The van der Waals surface area contributed by atoms with Crippen LogP contribution in [0.1, 0.15) is 41.7 Å². The van der Waals surface area contributed by atoms with Gasteiger partial charge < -0.3 is 9.68 Å². The van der Waals surface area contributed by atoms with Gasteiger partial charge in [0.1, 0.15) is 13.7 Å². The van der Waals surface area contributed by atoms with Crippen LogP contribution in [-0.2, 0) is 16.3 Å². The van der Waals surface area contributed by atoms with Crippen molar-refractivity contribution in [3.05, 3.63) is 70.3 Å². The van der Waals surface area contributed by atoms with Gasteiger partial charge in [0.2, 0.25) is 0 Å². The van der Waals surface area contributed by atoms with E-state index in [0.717, 1.165) is 39.2 Å². The van der Waals surface area contributed by atoms with Crippen LogP contribution in [0, 0.1) is 19.3 Å². The normalized spacial score (nSPS) is 11.8. The average Bonchev–Trinajstić information content (AvgIpc) is 2.63. The molecular weight excluding hydrogens is 312 g/mol. The van der Waals surface area contributed by atoms with Crippen LogP contribution in [0.5, 0.6) is 0 Å². The number of benzene rings is 2. The van der Waals surface area contributed by atoms with Crippen LogP contribution in [0.25, 0.3) is 0 Å². The van der Waals surface area contributed by atoms with Gasteiger partial charge in [0, 0.05) is 22.3 Å². The van der Waals surface area contributed by atoms with Crippen LogP contribution in [0.2, 0.25) is 0 Å². The molecule has 0 N–H and O–H groups in total. The maximum atomic E-state index is 5.60. The number of oxime groups is 2. The largest absolute Gasteiger partial charge is 0.399 e. The molecule has 0 aliphatic carbocycles. The molecule has 4 heteroatoms. The Hall–Kier alpha value is -3.06. The summed E-state index contributed by atoms with van der Waals surface area (Å²) in [5, 5.41) is 8.24. The first-order valence-corrected chi connectivity index (χ1v) is 7.97. The number of nitrogens with zero attached hydrogens (tertiary/aromatic N) is 2. The monoisotopic (exact) mass is 334 g/mol. The molecule has 2 rings (SSSR count). The molecule has 0 unspecified atom stereocenters. The van der Waals surface area contributed by atoms with Crippen LogP contribution in [-0.4, -0.2) is 18.5 Å². The lowest BCUT2D eigenvalue weighted by Gasteiger charge is -2.11. The Morgan fingerprint density at radius 3 is 2.56 bits per heavy atom. The van der Waals surface area contributed by atoms with Gasteiger partial charge in [0.15, 0.2) is 0 Å². The molecule has 0 radical (unpaired) electrons. The molecule has 0 heterocycles. The maximum Gasteiger partial charge on any atom is 0.143 e. The minimum absolute atomic E-state index is 0.352. The third-order valence-corrected chi connectivity index (χ3v) is 3.89. The number of terminal acetylenes is 1. The van der Waals surface area contributed by atoms with Gasteiger partial charge in [-0.15, -0.1) is 6.42 Å². The molecule has 0 amide bonds. The van der Waals surface area contributed by atoms with Crippen molar-refractivity contribution in [2.24, 2.45) is 10.3 Å². The first kappa shape index (κ1) is 18.3. The Morgan fingerprint density at radius 1 is 1.08 bits per heavy atom. The molecule has 0 saturated carbocycles. The van der Waals surface area contributed by atoms with E-state index >= 15 is 0 Å². The molecule has 4 nitrogen and oxygen atoms in total. The molecule has 25 heavy (non-hydrogen) atoms. The summed E-state index contributed by atoms with van der Waals surface area (Å²) in [6, 6.07) is 13.7. The molecule has 2 aromatic carbocycles. The minimum atomic E-state index is 0.352. The van der Waals surface area contributed by atoms with E-state index < -0.39 is 0 Å². The standard InChI is InChI=1S/C21H22N2O2/c1-6-18-10-8-11-19(13-18)16(3)23-25-14-21-15(2)9-7-12-20(21)17(4)22-24-5/h1,7-13H,14H2,2-5H3/b22-17-,23-16+. The highest BCUT2D eigenvalue weighted by atomic mass is 16.6. The lowest BCUT2D eigenvalue weighted by atomic mass is 10.00. The molecule has 0 aromatic heterocycles. The average molecular weight is 334 g/mol. The van der Waals surface area contributed by atoms with E-state index in [9.17, 15) is 0 Å². The molecule has 0 bridgehead atoms. The van der Waals surface area contributed by atoms with Crippen molar-refractivity contribution < 1.29 is 9.68 Å². The quantitative estimate of drug-likeness (QED) is 0.449. The fourth-order valence-electron chi connectivity index (χ4n) is 2.50. The summed E-state index contributed by atoms with van der Waals surface area (Å²) < 4.78 is 0. The molecule has 0 aliphatic rings. The summed E-state index contributed by atoms with van der Waals surface area (Å²) in [5.74, 6) is 2.62. The summed E-state index contributed by atoms with van der Waals surface area (Å²) in [6.07, 6.45) is 5.44. The highest BCUT2D eigenvalue weighted by Gasteiger charge is 2.10. The van der Waals surface area contributed by atoms with Gasteiger partial charge in [-0.3, -0.25) is 0 Å². The van der Waals surface area contributed by atoms with E-state index in [0.29, 0.717) is 6.61 Å². The van der Waals surface area contributed by atoms with Gasteiger partial charge in [0.25, 0.3) is 0 Å². The SMILES string of the molecule is C#Cc1cccc(/C(C)=N/OCc2c(C)cccc2/C(C)=N\OC)c1. The second-order valence-electron chi connectivity index (χ2n) is 5.64. The predicted molar refractivity (Wildman–Crippen MR) is 102 cm³/mol. The molecule has 0 spiro atoms. The number of hydrogen-bond acceptors (Lipinski definition) is 4. The smallest absolute Gasteiger partial charge is 0.143 e. The second kappa shape index (κ2) is 8.70. The molecule has 0 aliphatic heterocycles. The van der Waals surface area contributed by atoms with Gasteiger partial charge in [-0.05, 0) is 38.5 Å². The Balaban J connectivity index is 2.19. The van der Waals surface area contributed by atoms with Crippen molar-refractivity contribution >= 4 is 11.4 Å². The van der Waals surface area contributed by atoms with E-state index in [4.69, 9.17) is 16.1 Å². The summed E-state index contributed by atoms with van der Waals surface area (Å²) in [4.78, 5) is 10.5.